The largest absolute Gasteiger partial charge is 0.490 e. The van der Waals surface area contributed by atoms with Crippen molar-refractivity contribution in [1.29, 1.82) is 0 Å². The zero-order valence-corrected chi connectivity index (χ0v) is 17.9. The van der Waals surface area contributed by atoms with Gasteiger partial charge in [0.1, 0.15) is 5.76 Å². The predicted octanol–water partition coefficient (Wildman–Crippen LogP) is 2.65. The minimum atomic E-state index is -2.99. The van der Waals surface area contributed by atoms with E-state index in [-0.39, 0.29) is 30.5 Å². The van der Waals surface area contributed by atoms with Crippen molar-refractivity contribution >= 4 is 11.9 Å². The lowest BCUT2D eigenvalue weighted by molar-refractivity contribution is -0.127. The molecule has 0 saturated carbocycles. The molecule has 2 aromatic rings. The summed E-state index contributed by atoms with van der Waals surface area (Å²) in [4.78, 5) is 17.8. The van der Waals surface area contributed by atoms with Crippen molar-refractivity contribution in [3.8, 4) is 11.5 Å². The molecular formula is C21H28F2N4O4. The minimum absolute atomic E-state index is 0.0267. The predicted molar refractivity (Wildman–Crippen MR) is 112 cm³/mol. The highest BCUT2D eigenvalue weighted by Gasteiger charge is 2.16. The molecular weight excluding hydrogens is 410 g/mol. The lowest BCUT2D eigenvalue weighted by Gasteiger charge is -2.16. The molecule has 8 nitrogen and oxygen atoms in total. The van der Waals surface area contributed by atoms with Crippen LogP contribution in [0, 0.1) is 0 Å². The van der Waals surface area contributed by atoms with Gasteiger partial charge in [0, 0.05) is 32.6 Å². The van der Waals surface area contributed by atoms with E-state index in [4.69, 9.17) is 9.15 Å². The molecule has 1 heterocycles. The molecule has 0 bridgehead atoms. The second kappa shape index (κ2) is 12.4. The van der Waals surface area contributed by atoms with E-state index in [9.17, 15) is 13.6 Å². The van der Waals surface area contributed by atoms with E-state index >= 15 is 0 Å². The van der Waals surface area contributed by atoms with Crippen LogP contribution in [0.5, 0.6) is 11.5 Å². The Kier molecular flexibility index (Phi) is 9.60. The van der Waals surface area contributed by atoms with Crippen LogP contribution >= 0.6 is 0 Å². The number of benzene rings is 1. The summed E-state index contributed by atoms with van der Waals surface area (Å²) in [6, 6.07) is 8.53. The van der Waals surface area contributed by atoms with Crippen molar-refractivity contribution in [2.45, 2.75) is 26.5 Å². The maximum absolute atomic E-state index is 12.9. The van der Waals surface area contributed by atoms with Gasteiger partial charge in [-0.15, -0.1) is 0 Å². The van der Waals surface area contributed by atoms with Crippen LogP contribution in [0.3, 0.4) is 0 Å². The van der Waals surface area contributed by atoms with Crippen molar-refractivity contribution in [2.24, 2.45) is 4.99 Å². The van der Waals surface area contributed by atoms with Gasteiger partial charge in [0.2, 0.25) is 5.91 Å². The molecule has 0 aliphatic carbocycles. The average Bonchev–Trinajstić information content (AvgIpc) is 3.24. The van der Waals surface area contributed by atoms with Crippen LogP contribution in [0.4, 0.5) is 8.78 Å². The summed E-state index contributed by atoms with van der Waals surface area (Å²) in [5, 5.41) is 6.06. The quantitative estimate of drug-likeness (QED) is 0.414. The van der Waals surface area contributed by atoms with Gasteiger partial charge in [-0.05, 0) is 25.1 Å². The van der Waals surface area contributed by atoms with Gasteiger partial charge >= 0.3 is 6.61 Å². The fourth-order valence-electron chi connectivity index (χ4n) is 2.59. The van der Waals surface area contributed by atoms with E-state index in [0.29, 0.717) is 31.1 Å². The summed E-state index contributed by atoms with van der Waals surface area (Å²) >= 11 is 0. The first kappa shape index (κ1) is 24.0. The summed E-state index contributed by atoms with van der Waals surface area (Å²) in [7, 11) is 3.30. The van der Waals surface area contributed by atoms with Crippen LogP contribution in [0.15, 0.2) is 46.0 Å². The van der Waals surface area contributed by atoms with E-state index in [1.165, 1.54) is 4.90 Å². The van der Waals surface area contributed by atoms with Gasteiger partial charge in [-0.3, -0.25) is 4.79 Å². The Morgan fingerprint density at radius 3 is 2.68 bits per heavy atom. The molecule has 0 atom stereocenters. The van der Waals surface area contributed by atoms with Crippen molar-refractivity contribution in [3.05, 3.63) is 47.9 Å². The Morgan fingerprint density at radius 1 is 1.23 bits per heavy atom. The summed E-state index contributed by atoms with van der Waals surface area (Å²) in [6.45, 7) is -0.376. The number of hydrogen-bond donors (Lipinski definition) is 2. The molecule has 170 valence electrons. The number of halogens is 2. The van der Waals surface area contributed by atoms with Gasteiger partial charge in [0.25, 0.3) is 0 Å². The number of alkyl halides is 2. The maximum atomic E-state index is 12.9. The number of nitrogens with zero attached hydrogens (tertiary/aromatic N) is 2. The Balaban J connectivity index is 2.14. The first-order chi connectivity index (χ1) is 14.9. The number of rotatable bonds is 11. The van der Waals surface area contributed by atoms with E-state index in [0.717, 1.165) is 5.76 Å². The van der Waals surface area contributed by atoms with Crippen molar-refractivity contribution < 1.29 is 27.5 Å². The van der Waals surface area contributed by atoms with Gasteiger partial charge in [0.15, 0.2) is 17.5 Å². The topological polar surface area (TPSA) is 88.3 Å². The fraction of sp³-hybridized carbons (Fsp3) is 0.429. The second-order valence-corrected chi connectivity index (χ2v) is 6.62. The molecule has 2 N–H and O–H groups in total. The Labute approximate surface area is 180 Å². The van der Waals surface area contributed by atoms with E-state index in [1.807, 2.05) is 6.07 Å². The number of likely N-dealkylation sites (N-methyl/N-ethyl adjacent to an activating group) is 1. The summed E-state index contributed by atoms with van der Waals surface area (Å²) in [6.07, 6.45) is 2.20. The third-order valence-corrected chi connectivity index (χ3v) is 4.12. The van der Waals surface area contributed by atoms with Crippen LogP contribution in [0.1, 0.15) is 18.2 Å². The highest BCUT2D eigenvalue weighted by molar-refractivity contribution is 5.86. The number of hydrogen-bond acceptors (Lipinski definition) is 5. The van der Waals surface area contributed by atoms with E-state index in [2.05, 4.69) is 20.4 Å². The second-order valence-electron chi connectivity index (χ2n) is 6.62. The number of para-hydroxylation sites is 1. The fourth-order valence-corrected chi connectivity index (χ4v) is 2.59. The Morgan fingerprint density at radius 2 is 2.03 bits per heavy atom. The molecule has 1 aromatic carbocycles. The first-order valence-corrected chi connectivity index (χ1v) is 9.85. The molecule has 31 heavy (non-hydrogen) atoms. The molecule has 2 rings (SSSR count). The number of carbonyl (C=O) groups excluding carboxylic acids is 1. The number of aliphatic imine (C=N–C) groups is 1. The van der Waals surface area contributed by atoms with Gasteiger partial charge in [-0.2, -0.15) is 8.78 Å². The zero-order valence-electron chi connectivity index (χ0n) is 17.9. The third kappa shape index (κ3) is 8.15. The van der Waals surface area contributed by atoms with Crippen LogP contribution in [0.2, 0.25) is 0 Å². The van der Waals surface area contributed by atoms with Crippen LogP contribution in [0.25, 0.3) is 0 Å². The zero-order chi connectivity index (χ0) is 22.6. The molecule has 0 aliphatic heterocycles. The molecule has 0 unspecified atom stereocenters. The summed E-state index contributed by atoms with van der Waals surface area (Å²) in [5.41, 5.74) is 0.428. The summed E-state index contributed by atoms with van der Waals surface area (Å²) < 4.78 is 41.2. The highest BCUT2D eigenvalue weighted by Crippen LogP contribution is 2.33. The van der Waals surface area contributed by atoms with Crippen LogP contribution < -0.4 is 20.1 Å². The molecule has 1 aromatic heterocycles. The van der Waals surface area contributed by atoms with Crippen molar-refractivity contribution in [2.75, 3.05) is 33.8 Å². The average molecular weight is 438 g/mol. The smallest absolute Gasteiger partial charge is 0.387 e. The lowest BCUT2D eigenvalue weighted by atomic mass is 10.2. The standard InChI is InChI=1S/C21H28F2N4O4/c1-4-29-17-9-5-7-15(19(17)31-20(22)23)13-25-21(26-14-18(28)27(2)3)24-11-10-16-8-6-12-30-16/h5-9,12,20H,4,10-11,13-14H2,1-3H3,(H2,24,25,26). The Bertz CT molecular complexity index is 842. The molecule has 1 amide bonds. The maximum Gasteiger partial charge on any atom is 0.387 e. The number of guanidine groups is 1. The number of ether oxygens (including phenoxy) is 2. The highest BCUT2D eigenvalue weighted by atomic mass is 19.3. The molecule has 10 heteroatoms. The van der Waals surface area contributed by atoms with Gasteiger partial charge < -0.3 is 29.4 Å². The normalized spacial score (nSPS) is 11.4. The van der Waals surface area contributed by atoms with Gasteiger partial charge in [-0.1, -0.05) is 12.1 Å². The lowest BCUT2D eigenvalue weighted by Crippen LogP contribution is -2.43. The SMILES string of the molecule is CCOc1cccc(CN=C(NCCc2ccco2)NCC(=O)N(C)C)c1OC(F)F. The van der Waals surface area contributed by atoms with Gasteiger partial charge in [-0.25, -0.2) is 4.99 Å². The number of carbonyl (C=O) groups is 1. The van der Waals surface area contributed by atoms with E-state index < -0.39 is 6.61 Å². The third-order valence-electron chi connectivity index (χ3n) is 4.12. The van der Waals surface area contributed by atoms with Crippen molar-refractivity contribution in [1.82, 2.24) is 15.5 Å². The van der Waals surface area contributed by atoms with Crippen molar-refractivity contribution in [3.63, 3.8) is 0 Å². The minimum Gasteiger partial charge on any atom is -0.490 e. The molecule has 0 saturated heterocycles. The molecule has 0 fully saturated rings. The monoisotopic (exact) mass is 438 g/mol. The van der Waals surface area contributed by atoms with Gasteiger partial charge in [0.05, 0.1) is 26.0 Å². The molecule has 0 spiro atoms. The summed E-state index contributed by atoms with van der Waals surface area (Å²) in [5.74, 6) is 1.18. The number of furan rings is 1. The molecule has 0 aliphatic rings. The number of nitrogens with one attached hydrogen (secondary N) is 2. The van der Waals surface area contributed by atoms with Crippen LogP contribution in [-0.4, -0.2) is 57.2 Å². The van der Waals surface area contributed by atoms with E-state index in [1.54, 1.807) is 51.5 Å². The first-order valence-electron chi connectivity index (χ1n) is 9.85. The van der Waals surface area contributed by atoms with Crippen LogP contribution in [-0.2, 0) is 17.8 Å². The molecule has 0 radical (unpaired) electrons. The number of amides is 1. The Hall–Kier alpha value is -3.30.